The highest BCUT2D eigenvalue weighted by atomic mass is 15.3. The fraction of sp³-hybridized carbons (Fsp3) is 0.500. The van der Waals surface area contributed by atoms with Crippen LogP contribution in [0.4, 0.5) is 5.82 Å². The molecule has 96 valence electrons. The standard InChI is InChI=1S/C14H20N4/c1-11-5-6-12(9-15)10-18(11)14-4-2-3-13-16-7-8-17(13)14/h2-4,7-8,11-12H,5-6,9-10,15H2,1H3. The third kappa shape index (κ3) is 1.86. The average Bonchev–Trinajstić information content (AvgIpc) is 2.87. The van der Waals surface area contributed by atoms with Crippen LogP contribution in [-0.2, 0) is 0 Å². The molecule has 0 bridgehead atoms. The number of pyridine rings is 1. The minimum atomic E-state index is 0.570. The molecule has 4 nitrogen and oxygen atoms in total. The first kappa shape index (κ1) is 11.5. The molecule has 3 heterocycles. The van der Waals surface area contributed by atoms with Crippen LogP contribution in [0.3, 0.4) is 0 Å². The van der Waals surface area contributed by atoms with E-state index in [9.17, 15) is 0 Å². The Morgan fingerprint density at radius 1 is 1.39 bits per heavy atom. The van der Waals surface area contributed by atoms with Gasteiger partial charge in [0.1, 0.15) is 11.5 Å². The Kier molecular flexibility index (Phi) is 2.96. The van der Waals surface area contributed by atoms with Gasteiger partial charge in [-0.1, -0.05) is 6.07 Å². The van der Waals surface area contributed by atoms with Crippen LogP contribution in [0, 0.1) is 5.92 Å². The van der Waals surface area contributed by atoms with Gasteiger partial charge < -0.3 is 10.6 Å². The highest BCUT2D eigenvalue weighted by molar-refractivity contribution is 5.52. The molecule has 1 aliphatic heterocycles. The van der Waals surface area contributed by atoms with Crippen molar-refractivity contribution in [2.75, 3.05) is 18.0 Å². The number of aromatic nitrogens is 2. The highest BCUT2D eigenvalue weighted by Gasteiger charge is 2.25. The first-order valence-electron chi connectivity index (χ1n) is 6.68. The minimum absolute atomic E-state index is 0.570. The molecule has 0 aliphatic carbocycles. The van der Waals surface area contributed by atoms with Gasteiger partial charge in [-0.25, -0.2) is 4.98 Å². The first-order valence-corrected chi connectivity index (χ1v) is 6.68. The SMILES string of the molecule is CC1CCC(CN)CN1c1cccc2nccn12. The summed E-state index contributed by atoms with van der Waals surface area (Å²) in [5, 5.41) is 0. The minimum Gasteiger partial charge on any atom is -0.355 e. The van der Waals surface area contributed by atoms with Crippen molar-refractivity contribution in [1.29, 1.82) is 0 Å². The van der Waals surface area contributed by atoms with Gasteiger partial charge in [0.15, 0.2) is 0 Å². The maximum atomic E-state index is 5.84. The molecule has 1 aliphatic rings. The monoisotopic (exact) mass is 244 g/mol. The molecule has 0 saturated carbocycles. The summed E-state index contributed by atoms with van der Waals surface area (Å²) in [6.07, 6.45) is 6.35. The van der Waals surface area contributed by atoms with Crippen LogP contribution < -0.4 is 10.6 Å². The molecule has 1 fully saturated rings. The Labute approximate surface area is 107 Å². The fourth-order valence-electron chi connectivity index (χ4n) is 2.86. The Hall–Kier alpha value is -1.55. The van der Waals surface area contributed by atoms with E-state index in [0.29, 0.717) is 12.0 Å². The summed E-state index contributed by atoms with van der Waals surface area (Å²) in [5.74, 6) is 1.84. The Morgan fingerprint density at radius 2 is 2.28 bits per heavy atom. The second-order valence-electron chi connectivity index (χ2n) is 5.22. The second-order valence-corrected chi connectivity index (χ2v) is 5.22. The number of nitrogens with two attached hydrogens (primary N) is 1. The highest BCUT2D eigenvalue weighted by Crippen LogP contribution is 2.27. The van der Waals surface area contributed by atoms with Gasteiger partial charge in [-0.05, 0) is 44.4 Å². The third-order valence-corrected chi connectivity index (χ3v) is 4.01. The van der Waals surface area contributed by atoms with Gasteiger partial charge in [-0.15, -0.1) is 0 Å². The van der Waals surface area contributed by atoms with Crippen molar-refractivity contribution < 1.29 is 0 Å². The lowest BCUT2D eigenvalue weighted by Gasteiger charge is -2.39. The lowest BCUT2D eigenvalue weighted by molar-refractivity contribution is 0.371. The summed E-state index contributed by atoms with van der Waals surface area (Å²) in [7, 11) is 0. The quantitative estimate of drug-likeness (QED) is 0.877. The van der Waals surface area contributed by atoms with Crippen LogP contribution in [0.2, 0.25) is 0 Å². The van der Waals surface area contributed by atoms with Crippen LogP contribution in [0.5, 0.6) is 0 Å². The van der Waals surface area contributed by atoms with E-state index in [1.54, 1.807) is 0 Å². The lowest BCUT2D eigenvalue weighted by Crippen LogP contribution is -2.44. The van der Waals surface area contributed by atoms with Crippen molar-refractivity contribution in [3.05, 3.63) is 30.6 Å². The second kappa shape index (κ2) is 4.61. The predicted octanol–water partition coefficient (Wildman–Crippen LogP) is 1.90. The number of piperidine rings is 1. The van der Waals surface area contributed by atoms with Crippen molar-refractivity contribution in [2.45, 2.75) is 25.8 Å². The molecular formula is C14H20N4. The largest absolute Gasteiger partial charge is 0.355 e. The maximum absolute atomic E-state index is 5.84. The number of fused-ring (bicyclic) bond motifs is 1. The van der Waals surface area contributed by atoms with E-state index in [1.807, 2.05) is 18.5 Å². The summed E-state index contributed by atoms with van der Waals surface area (Å²) < 4.78 is 2.16. The van der Waals surface area contributed by atoms with Gasteiger partial charge >= 0.3 is 0 Å². The summed E-state index contributed by atoms with van der Waals surface area (Å²) in [6.45, 7) is 4.13. The molecular weight excluding hydrogens is 224 g/mol. The topological polar surface area (TPSA) is 46.6 Å². The van der Waals surface area contributed by atoms with Crippen molar-refractivity contribution in [3.63, 3.8) is 0 Å². The number of nitrogens with zero attached hydrogens (tertiary/aromatic N) is 3. The van der Waals surface area contributed by atoms with Gasteiger partial charge in [0.2, 0.25) is 0 Å². The average molecular weight is 244 g/mol. The molecule has 2 atom stereocenters. The molecule has 2 N–H and O–H groups in total. The summed E-state index contributed by atoms with van der Waals surface area (Å²) >= 11 is 0. The smallest absolute Gasteiger partial charge is 0.138 e. The molecule has 4 heteroatoms. The summed E-state index contributed by atoms with van der Waals surface area (Å²) in [4.78, 5) is 6.82. The predicted molar refractivity (Wildman–Crippen MR) is 73.8 cm³/mol. The van der Waals surface area contributed by atoms with Gasteiger partial charge in [-0.3, -0.25) is 4.40 Å². The number of hydrogen-bond acceptors (Lipinski definition) is 3. The zero-order chi connectivity index (χ0) is 12.5. The lowest BCUT2D eigenvalue weighted by atomic mass is 9.93. The Bertz CT molecular complexity index is 533. The van der Waals surface area contributed by atoms with E-state index in [4.69, 9.17) is 5.73 Å². The van der Waals surface area contributed by atoms with E-state index >= 15 is 0 Å². The maximum Gasteiger partial charge on any atom is 0.138 e. The van der Waals surface area contributed by atoms with Crippen LogP contribution in [0.1, 0.15) is 19.8 Å². The molecule has 1 saturated heterocycles. The fourth-order valence-corrected chi connectivity index (χ4v) is 2.86. The van der Waals surface area contributed by atoms with E-state index < -0.39 is 0 Å². The van der Waals surface area contributed by atoms with Crippen LogP contribution in [0.25, 0.3) is 5.65 Å². The van der Waals surface area contributed by atoms with Gasteiger partial charge in [0, 0.05) is 25.0 Å². The number of imidazole rings is 1. The van der Waals surface area contributed by atoms with Gasteiger partial charge in [0.25, 0.3) is 0 Å². The molecule has 0 radical (unpaired) electrons. The van der Waals surface area contributed by atoms with Crippen molar-refractivity contribution in [3.8, 4) is 0 Å². The van der Waals surface area contributed by atoms with E-state index in [0.717, 1.165) is 18.7 Å². The summed E-state index contributed by atoms with van der Waals surface area (Å²) in [5.41, 5.74) is 6.84. The molecule has 0 amide bonds. The zero-order valence-corrected chi connectivity index (χ0v) is 10.8. The third-order valence-electron chi connectivity index (χ3n) is 4.01. The first-order chi connectivity index (χ1) is 8.79. The van der Waals surface area contributed by atoms with Gasteiger partial charge in [-0.2, -0.15) is 0 Å². The van der Waals surface area contributed by atoms with Crippen molar-refractivity contribution >= 4 is 11.5 Å². The molecule has 2 unspecified atom stereocenters. The normalized spacial score (nSPS) is 24.7. The van der Waals surface area contributed by atoms with Crippen molar-refractivity contribution in [1.82, 2.24) is 9.38 Å². The van der Waals surface area contributed by atoms with E-state index in [2.05, 4.69) is 33.3 Å². The number of rotatable bonds is 2. The summed E-state index contributed by atoms with van der Waals surface area (Å²) in [6, 6.07) is 6.86. The van der Waals surface area contributed by atoms with E-state index in [-0.39, 0.29) is 0 Å². The number of anilines is 1. The van der Waals surface area contributed by atoms with Crippen LogP contribution in [0.15, 0.2) is 30.6 Å². The van der Waals surface area contributed by atoms with Gasteiger partial charge in [0.05, 0.1) is 0 Å². The van der Waals surface area contributed by atoms with E-state index in [1.165, 1.54) is 18.7 Å². The zero-order valence-electron chi connectivity index (χ0n) is 10.8. The molecule has 0 spiro atoms. The van der Waals surface area contributed by atoms with Crippen LogP contribution >= 0.6 is 0 Å². The molecule has 0 aromatic carbocycles. The molecule has 3 rings (SSSR count). The molecule has 2 aromatic rings. The Morgan fingerprint density at radius 3 is 3.11 bits per heavy atom. The molecule has 2 aromatic heterocycles. The number of hydrogen-bond donors (Lipinski definition) is 1. The Balaban J connectivity index is 1.99. The molecule has 18 heavy (non-hydrogen) atoms. The van der Waals surface area contributed by atoms with Crippen LogP contribution in [-0.4, -0.2) is 28.5 Å². The van der Waals surface area contributed by atoms with Crippen molar-refractivity contribution in [2.24, 2.45) is 11.7 Å².